The van der Waals surface area contributed by atoms with E-state index in [0.717, 1.165) is 50.6 Å². The maximum atomic E-state index is 11.6. The van der Waals surface area contributed by atoms with E-state index in [1.54, 1.807) is 0 Å². The van der Waals surface area contributed by atoms with Gasteiger partial charge in [0, 0.05) is 37.8 Å². The van der Waals surface area contributed by atoms with Crippen LogP contribution in [-0.2, 0) is 19.1 Å². The van der Waals surface area contributed by atoms with E-state index in [1.165, 1.54) is 18.1 Å². The molecule has 35 heavy (non-hydrogen) atoms. The normalized spacial score (nSPS) is 16.4. The molecule has 190 valence electrons. The summed E-state index contributed by atoms with van der Waals surface area (Å²) in [5.74, 6) is -0.691. The summed E-state index contributed by atoms with van der Waals surface area (Å²) in [6, 6.07) is 18.9. The van der Waals surface area contributed by atoms with E-state index in [9.17, 15) is 14.9 Å². The number of esters is 1. The first-order chi connectivity index (χ1) is 16.9. The summed E-state index contributed by atoms with van der Waals surface area (Å²) in [6.07, 6.45) is 0.516. The smallest absolute Gasteiger partial charge is 0.334 e. The molecule has 0 aromatic heterocycles. The summed E-state index contributed by atoms with van der Waals surface area (Å²) in [4.78, 5) is 30.8. The van der Waals surface area contributed by atoms with Crippen molar-refractivity contribution in [2.75, 3.05) is 45.9 Å². The molecule has 0 amide bonds. The molecule has 2 aromatic carbocycles. The van der Waals surface area contributed by atoms with Crippen LogP contribution in [0.5, 0.6) is 0 Å². The molecule has 0 bridgehead atoms. The van der Waals surface area contributed by atoms with Crippen molar-refractivity contribution >= 4 is 17.6 Å². The van der Waals surface area contributed by atoms with Gasteiger partial charge in [0.05, 0.1) is 6.04 Å². The quantitative estimate of drug-likeness (QED) is 0.133. The van der Waals surface area contributed by atoms with E-state index in [0.29, 0.717) is 6.61 Å². The maximum absolute atomic E-state index is 11.6. The predicted octanol–water partition coefficient (Wildman–Crippen LogP) is 3.94. The van der Waals surface area contributed by atoms with Crippen LogP contribution in [0, 0.1) is 10.1 Å². The third kappa shape index (κ3) is 9.10. The van der Waals surface area contributed by atoms with Gasteiger partial charge >= 0.3 is 5.97 Å². The lowest BCUT2D eigenvalue weighted by Crippen LogP contribution is -2.48. The minimum absolute atomic E-state index is 0.197. The summed E-state index contributed by atoms with van der Waals surface area (Å²) < 4.78 is 10.0. The van der Waals surface area contributed by atoms with Crippen molar-refractivity contribution in [3.05, 3.63) is 80.9 Å². The van der Waals surface area contributed by atoms with E-state index >= 15 is 0 Å². The Morgan fingerprint density at radius 3 is 2.34 bits per heavy atom. The first kappa shape index (κ1) is 26.9. The van der Waals surface area contributed by atoms with Gasteiger partial charge in [0.2, 0.25) is 6.29 Å². The second-order valence-corrected chi connectivity index (χ2v) is 8.83. The van der Waals surface area contributed by atoms with Crippen molar-refractivity contribution in [2.45, 2.75) is 32.1 Å². The van der Waals surface area contributed by atoms with Gasteiger partial charge in [-0.25, -0.2) is 4.79 Å². The fourth-order valence-electron chi connectivity index (χ4n) is 4.20. The first-order valence-corrected chi connectivity index (χ1v) is 12.2. The highest BCUT2D eigenvalue weighted by molar-refractivity contribution is 6.30. The molecule has 1 saturated heterocycles. The van der Waals surface area contributed by atoms with E-state index in [1.807, 2.05) is 18.2 Å². The third-order valence-electron chi connectivity index (χ3n) is 5.84. The summed E-state index contributed by atoms with van der Waals surface area (Å²) in [6.45, 7) is 6.31. The van der Waals surface area contributed by atoms with Gasteiger partial charge in [-0.05, 0) is 49.6 Å². The van der Waals surface area contributed by atoms with E-state index in [2.05, 4.69) is 51.0 Å². The largest absolute Gasteiger partial charge is 0.434 e. The topological polar surface area (TPSA) is 94.4 Å². The summed E-state index contributed by atoms with van der Waals surface area (Å²) in [7, 11) is 0. The highest BCUT2D eigenvalue weighted by Gasteiger charge is 2.26. The second kappa shape index (κ2) is 14.0. The molecule has 10 heteroatoms. The van der Waals surface area contributed by atoms with Crippen LogP contribution >= 0.6 is 11.6 Å². The van der Waals surface area contributed by atoms with Gasteiger partial charge in [-0.15, -0.1) is 10.1 Å². The first-order valence-electron chi connectivity index (χ1n) is 11.8. The average molecular weight is 506 g/mol. The van der Waals surface area contributed by atoms with Gasteiger partial charge in [0.15, 0.2) is 0 Å². The SMILES string of the molecule is CC(OC(=O)COCCCCN1CCN(C(c2ccccc2)c2ccc(Cl)cc2)CC1)O[N+](=O)[O-]. The molecular formula is C25H32ClN3O6. The highest BCUT2D eigenvalue weighted by atomic mass is 35.5. The van der Waals surface area contributed by atoms with Crippen LogP contribution in [0.1, 0.15) is 36.9 Å². The Morgan fingerprint density at radius 2 is 1.69 bits per heavy atom. The zero-order valence-electron chi connectivity index (χ0n) is 19.9. The third-order valence-corrected chi connectivity index (χ3v) is 6.09. The zero-order valence-corrected chi connectivity index (χ0v) is 20.6. The minimum atomic E-state index is -1.25. The zero-order chi connectivity index (χ0) is 25.0. The Bertz CT molecular complexity index is 923. The molecule has 0 spiro atoms. The number of carbonyl (C=O) groups excluding carboxylic acids is 1. The molecular weight excluding hydrogens is 474 g/mol. The van der Waals surface area contributed by atoms with Crippen molar-refractivity contribution in [3.63, 3.8) is 0 Å². The summed E-state index contributed by atoms with van der Waals surface area (Å²) in [5.41, 5.74) is 2.52. The average Bonchev–Trinajstić information content (AvgIpc) is 2.83. The Kier molecular flexibility index (Phi) is 10.7. The van der Waals surface area contributed by atoms with Gasteiger partial charge in [-0.2, -0.15) is 0 Å². The van der Waals surface area contributed by atoms with Crippen molar-refractivity contribution in [1.82, 2.24) is 9.80 Å². The van der Waals surface area contributed by atoms with Crippen LogP contribution in [-0.4, -0.2) is 73.1 Å². The Hall–Kier alpha value is -2.72. The fraction of sp³-hybridized carbons (Fsp3) is 0.480. The minimum Gasteiger partial charge on any atom is -0.434 e. The Labute approximate surface area is 210 Å². The van der Waals surface area contributed by atoms with Crippen LogP contribution in [0.4, 0.5) is 0 Å². The predicted molar refractivity (Wildman–Crippen MR) is 131 cm³/mol. The molecule has 2 aromatic rings. The number of ether oxygens (including phenoxy) is 2. The molecule has 0 radical (unpaired) electrons. The number of hydrogen-bond acceptors (Lipinski definition) is 8. The molecule has 0 N–H and O–H groups in total. The molecule has 1 aliphatic heterocycles. The van der Waals surface area contributed by atoms with Crippen LogP contribution in [0.25, 0.3) is 0 Å². The van der Waals surface area contributed by atoms with Crippen molar-refractivity contribution < 1.29 is 24.2 Å². The molecule has 2 unspecified atom stereocenters. The van der Waals surface area contributed by atoms with Gasteiger partial charge in [0.1, 0.15) is 6.61 Å². The van der Waals surface area contributed by atoms with Gasteiger partial charge in [-0.3, -0.25) is 9.74 Å². The highest BCUT2D eigenvalue weighted by Crippen LogP contribution is 2.30. The molecule has 0 aliphatic carbocycles. The monoisotopic (exact) mass is 505 g/mol. The lowest BCUT2D eigenvalue weighted by molar-refractivity contribution is -0.777. The maximum Gasteiger partial charge on any atom is 0.334 e. The van der Waals surface area contributed by atoms with Crippen molar-refractivity contribution in [1.29, 1.82) is 0 Å². The number of rotatable bonds is 13. The van der Waals surface area contributed by atoms with Crippen LogP contribution < -0.4 is 0 Å². The number of piperazine rings is 1. The fourth-order valence-corrected chi connectivity index (χ4v) is 4.32. The Morgan fingerprint density at radius 1 is 1.03 bits per heavy atom. The van der Waals surface area contributed by atoms with Gasteiger partial charge in [0.25, 0.3) is 5.09 Å². The molecule has 9 nitrogen and oxygen atoms in total. The summed E-state index contributed by atoms with van der Waals surface area (Å²) in [5, 5.41) is 9.93. The van der Waals surface area contributed by atoms with Crippen LogP contribution in [0.3, 0.4) is 0 Å². The van der Waals surface area contributed by atoms with Crippen LogP contribution in [0.15, 0.2) is 54.6 Å². The molecule has 0 saturated carbocycles. The van der Waals surface area contributed by atoms with Gasteiger partial charge < -0.3 is 14.4 Å². The number of benzene rings is 2. The number of hydrogen-bond donors (Lipinski definition) is 0. The van der Waals surface area contributed by atoms with Crippen LogP contribution in [0.2, 0.25) is 5.02 Å². The number of unbranched alkanes of at least 4 members (excludes halogenated alkanes) is 1. The lowest BCUT2D eigenvalue weighted by Gasteiger charge is -2.40. The molecule has 3 rings (SSSR count). The second-order valence-electron chi connectivity index (χ2n) is 8.39. The van der Waals surface area contributed by atoms with E-state index < -0.39 is 17.3 Å². The Balaban J connectivity index is 1.37. The molecule has 2 atom stereocenters. The van der Waals surface area contributed by atoms with E-state index in [-0.39, 0.29) is 12.6 Å². The summed E-state index contributed by atoms with van der Waals surface area (Å²) >= 11 is 6.12. The number of halogens is 1. The molecule has 1 heterocycles. The standard InChI is InChI=1S/C25H32ClN3O6/c1-20(35-29(31)32)34-24(30)19-33-18-6-5-13-27-14-16-28(17-15-27)25(21-7-3-2-4-8-21)22-9-11-23(26)12-10-22/h2-4,7-12,20,25H,5-6,13-19H2,1H3. The lowest BCUT2D eigenvalue weighted by atomic mass is 9.96. The van der Waals surface area contributed by atoms with Gasteiger partial charge in [-0.1, -0.05) is 54.1 Å². The van der Waals surface area contributed by atoms with E-state index in [4.69, 9.17) is 21.1 Å². The molecule has 1 aliphatic rings. The van der Waals surface area contributed by atoms with Crippen molar-refractivity contribution in [3.8, 4) is 0 Å². The number of carbonyl (C=O) groups is 1. The molecule has 1 fully saturated rings. The van der Waals surface area contributed by atoms with Crippen molar-refractivity contribution in [2.24, 2.45) is 0 Å². The number of nitrogens with zero attached hydrogens (tertiary/aromatic N) is 3.